The molecule has 0 aliphatic heterocycles. The van der Waals surface area contributed by atoms with Gasteiger partial charge in [0, 0.05) is 27.5 Å². The third-order valence-electron chi connectivity index (χ3n) is 3.15. The first-order valence-electron chi connectivity index (χ1n) is 7.20. The van der Waals surface area contributed by atoms with Crippen molar-refractivity contribution in [3.8, 4) is 0 Å². The Labute approximate surface area is 154 Å². The molecule has 0 aliphatic carbocycles. The van der Waals surface area contributed by atoms with Crippen LogP contribution in [0.15, 0.2) is 47.2 Å². The molecule has 0 saturated carbocycles. The molecule has 2 aromatic rings. The van der Waals surface area contributed by atoms with Gasteiger partial charge >= 0.3 is 0 Å². The van der Waals surface area contributed by atoms with Gasteiger partial charge in [-0.05, 0) is 67.0 Å². The molecule has 0 spiro atoms. The Balaban J connectivity index is 2.27. The molecule has 1 aromatic carbocycles. The molecule has 7 heteroatoms. The summed E-state index contributed by atoms with van der Waals surface area (Å²) in [5.41, 5.74) is 2.83. The zero-order valence-electron chi connectivity index (χ0n) is 13.5. The largest absolute Gasteiger partial charge is 0.272 e. The third-order valence-corrected chi connectivity index (χ3v) is 3.83. The SMILES string of the molecule is CC(C)(C)N(NC(=O)c1cncc(Br)c1)C(=O)c1ccc(Cl)cc1. The normalized spacial score (nSPS) is 11.0. The molecule has 1 aromatic heterocycles. The van der Waals surface area contributed by atoms with Gasteiger partial charge in [0.1, 0.15) is 0 Å². The lowest BCUT2D eigenvalue weighted by molar-refractivity contribution is 0.0358. The van der Waals surface area contributed by atoms with Crippen LogP contribution in [0.2, 0.25) is 5.02 Å². The van der Waals surface area contributed by atoms with Gasteiger partial charge in [-0.15, -0.1) is 0 Å². The number of nitrogens with one attached hydrogen (secondary N) is 1. The van der Waals surface area contributed by atoms with Crippen LogP contribution in [-0.4, -0.2) is 27.3 Å². The topological polar surface area (TPSA) is 62.3 Å². The van der Waals surface area contributed by atoms with Crippen LogP contribution in [-0.2, 0) is 0 Å². The van der Waals surface area contributed by atoms with Crippen molar-refractivity contribution in [2.75, 3.05) is 0 Å². The highest BCUT2D eigenvalue weighted by Gasteiger charge is 2.29. The van der Waals surface area contributed by atoms with Crippen LogP contribution in [0.3, 0.4) is 0 Å². The van der Waals surface area contributed by atoms with Crippen molar-refractivity contribution in [3.63, 3.8) is 0 Å². The lowest BCUT2D eigenvalue weighted by Crippen LogP contribution is -2.55. The molecular weight excluding hydrogens is 394 g/mol. The second kappa shape index (κ2) is 7.32. The van der Waals surface area contributed by atoms with Gasteiger partial charge in [0.25, 0.3) is 11.8 Å². The highest BCUT2D eigenvalue weighted by molar-refractivity contribution is 9.10. The molecule has 0 bridgehead atoms. The van der Waals surface area contributed by atoms with Gasteiger partial charge in [0.2, 0.25) is 0 Å². The van der Waals surface area contributed by atoms with Crippen LogP contribution in [0.5, 0.6) is 0 Å². The van der Waals surface area contributed by atoms with Crippen molar-refractivity contribution in [1.82, 2.24) is 15.4 Å². The summed E-state index contributed by atoms with van der Waals surface area (Å²) in [6.07, 6.45) is 3.02. The van der Waals surface area contributed by atoms with Gasteiger partial charge in [0.15, 0.2) is 0 Å². The number of pyridine rings is 1. The summed E-state index contributed by atoms with van der Waals surface area (Å²) in [7, 11) is 0. The van der Waals surface area contributed by atoms with Gasteiger partial charge < -0.3 is 0 Å². The zero-order chi connectivity index (χ0) is 17.9. The van der Waals surface area contributed by atoms with Gasteiger partial charge in [-0.25, -0.2) is 5.01 Å². The second-order valence-electron chi connectivity index (χ2n) is 6.15. The second-order valence-corrected chi connectivity index (χ2v) is 7.50. The molecule has 0 radical (unpaired) electrons. The summed E-state index contributed by atoms with van der Waals surface area (Å²) in [5.74, 6) is -0.739. The van der Waals surface area contributed by atoms with Crippen LogP contribution in [0.1, 0.15) is 41.5 Å². The number of nitrogens with zero attached hydrogens (tertiary/aromatic N) is 2. The predicted octanol–water partition coefficient (Wildman–Crippen LogP) is 4.08. The van der Waals surface area contributed by atoms with E-state index in [2.05, 4.69) is 26.3 Å². The summed E-state index contributed by atoms with van der Waals surface area (Å²) in [6, 6.07) is 8.15. The van der Waals surface area contributed by atoms with E-state index in [1.807, 2.05) is 20.8 Å². The number of benzene rings is 1. The lowest BCUT2D eigenvalue weighted by Gasteiger charge is -2.35. The average molecular weight is 411 g/mol. The van der Waals surface area contributed by atoms with Gasteiger partial charge in [-0.1, -0.05) is 11.6 Å². The molecule has 5 nitrogen and oxygen atoms in total. The quantitative estimate of drug-likeness (QED) is 0.759. The number of carbonyl (C=O) groups excluding carboxylic acids is 2. The molecule has 0 atom stereocenters. The summed E-state index contributed by atoms with van der Waals surface area (Å²) in [6.45, 7) is 5.50. The number of carbonyl (C=O) groups is 2. The van der Waals surface area contributed by atoms with E-state index in [-0.39, 0.29) is 5.91 Å². The Morgan fingerprint density at radius 1 is 1.12 bits per heavy atom. The Morgan fingerprint density at radius 2 is 1.75 bits per heavy atom. The minimum absolute atomic E-state index is 0.324. The minimum atomic E-state index is -0.619. The van der Waals surface area contributed by atoms with E-state index in [1.165, 1.54) is 11.2 Å². The number of hydrogen-bond acceptors (Lipinski definition) is 3. The molecule has 24 heavy (non-hydrogen) atoms. The first-order chi connectivity index (χ1) is 11.2. The van der Waals surface area contributed by atoms with E-state index in [4.69, 9.17) is 11.6 Å². The van der Waals surface area contributed by atoms with E-state index < -0.39 is 11.4 Å². The molecule has 1 heterocycles. The van der Waals surface area contributed by atoms with Crippen LogP contribution >= 0.6 is 27.5 Å². The van der Waals surface area contributed by atoms with Crippen LogP contribution < -0.4 is 5.43 Å². The maximum absolute atomic E-state index is 12.8. The molecule has 0 aliphatic rings. The van der Waals surface area contributed by atoms with E-state index >= 15 is 0 Å². The molecule has 0 unspecified atom stereocenters. The number of aromatic nitrogens is 1. The minimum Gasteiger partial charge on any atom is -0.267 e. The van der Waals surface area contributed by atoms with Crippen molar-refractivity contribution in [2.24, 2.45) is 0 Å². The molecule has 1 N–H and O–H groups in total. The number of amides is 2. The molecule has 126 valence electrons. The van der Waals surface area contributed by atoms with E-state index in [0.29, 0.717) is 20.6 Å². The summed E-state index contributed by atoms with van der Waals surface area (Å²) in [5, 5.41) is 1.84. The summed E-state index contributed by atoms with van der Waals surface area (Å²) in [4.78, 5) is 29.2. The zero-order valence-corrected chi connectivity index (χ0v) is 15.9. The third kappa shape index (κ3) is 4.55. The molecule has 0 fully saturated rings. The van der Waals surface area contributed by atoms with E-state index in [9.17, 15) is 9.59 Å². The van der Waals surface area contributed by atoms with Gasteiger partial charge in [-0.3, -0.25) is 20.0 Å². The van der Waals surface area contributed by atoms with Crippen molar-refractivity contribution < 1.29 is 9.59 Å². The Hall–Kier alpha value is -1.92. The number of rotatable bonds is 2. The van der Waals surface area contributed by atoms with E-state index in [1.54, 1.807) is 36.5 Å². The summed E-state index contributed by atoms with van der Waals surface area (Å²) >= 11 is 9.13. The number of hydrogen-bond donors (Lipinski definition) is 1. The van der Waals surface area contributed by atoms with Gasteiger partial charge in [-0.2, -0.15) is 0 Å². The van der Waals surface area contributed by atoms with Crippen molar-refractivity contribution in [1.29, 1.82) is 0 Å². The van der Waals surface area contributed by atoms with Crippen LogP contribution in [0, 0.1) is 0 Å². The fraction of sp³-hybridized carbons (Fsp3) is 0.235. The van der Waals surface area contributed by atoms with Crippen molar-refractivity contribution in [2.45, 2.75) is 26.3 Å². The fourth-order valence-electron chi connectivity index (χ4n) is 1.95. The smallest absolute Gasteiger partial charge is 0.267 e. The van der Waals surface area contributed by atoms with Crippen LogP contribution in [0.4, 0.5) is 0 Å². The Bertz CT molecular complexity index is 757. The van der Waals surface area contributed by atoms with Crippen molar-refractivity contribution in [3.05, 3.63) is 63.3 Å². The maximum atomic E-state index is 12.8. The first-order valence-corrected chi connectivity index (χ1v) is 8.37. The maximum Gasteiger partial charge on any atom is 0.272 e. The average Bonchev–Trinajstić information content (AvgIpc) is 2.51. The standard InChI is InChI=1S/C17H17BrClN3O2/c1-17(2,3)22(16(24)11-4-6-14(19)7-5-11)21-15(23)12-8-13(18)10-20-9-12/h4-10H,1-3H3,(H,21,23). The molecule has 2 amide bonds. The van der Waals surface area contributed by atoms with Crippen LogP contribution in [0.25, 0.3) is 0 Å². The summed E-state index contributed by atoms with van der Waals surface area (Å²) < 4.78 is 0.682. The number of hydrazine groups is 1. The van der Waals surface area contributed by atoms with Gasteiger partial charge in [0.05, 0.1) is 11.1 Å². The highest BCUT2D eigenvalue weighted by Crippen LogP contribution is 2.18. The van der Waals surface area contributed by atoms with Crippen molar-refractivity contribution >= 4 is 39.3 Å². The lowest BCUT2D eigenvalue weighted by atomic mass is 10.1. The molecule has 2 rings (SSSR count). The van der Waals surface area contributed by atoms with E-state index in [0.717, 1.165) is 0 Å². The molecular formula is C17H17BrClN3O2. The predicted molar refractivity (Wildman–Crippen MR) is 96.8 cm³/mol. The first kappa shape index (κ1) is 18.4. The highest BCUT2D eigenvalue weighted by atomic mass is 79.9. The monoisotopic (exact) mass is 409 g/mol. The number of halogens is 2. The molecule has 0 saturated heterocycles. The fourth-order valence-corrected chi connectivity index (χ4v) is 2.44. The Kier molecular flexibility index (Phi) is 5.62. The Morgan fingerprint density at radius 3 is 2.29 bits per heavy atom.